The average Bonchev–Trinajstić information content (AvgIpc) is 2.66. The van der Waals surface area contributed by atoms with Crippen LogP contribution in [0.2, 0.25) is 5.02 Å². The van der Waals surface area contributed by atoms with Crippen molar-refractivity contribution < 1.29 is 4.79 Å². The van der Waals surface area contributed by atoms with Crippen molar-refractivity contribution in [3.8, 4) is 0 Å². The third kappa shape index (κ3) is 4.54. The standard InChI is InChI=1S/C20H25ClN4O/c1-14-19(21)18(8-11-22-14)24-20(26)23-17-9-12-25(13-10-17)15(2)16-6-4-3-5-7-16/h3-8,11,15,17H,9-10,12-13H2,1-2H3,(H2,22,23,24,26). The number of amides is 2. The number of halogens is 1. The molecule has 26 heavy (non-hydrogen) atoms. The summed E-state index contributed by atoms with van der Waals surface area (Å²) < 4.78 is 0. The number of hydrogen-bond donors (Lipinski definition) is 2. The van der Waals surface area contributed by atoms with Gasteiger partial charge in [0.2, 0.25) is 0 Å². The van der Waals surface area contributed by atoms with Crippen molar-refractivity contribution in [2.75, 3.05) is 18.4 Å². The molecule has 2 amide bonds. The highest BCUT2D eigenvalue weighted by atomic mass is 35.5. The maximum absolute atomic E-state index is 12.3. The van der Waals surface area contributed by atoms with Gasteiger partial charge in [-0.05, 0) is 38.3 Å². The highest BCUT2D eigenvalue weighted by Gasteiger charge is 2.24. The van der Waals surface area contributed by atoms with Crippen molar-refractivity contribution in [3.05, 3.63) is 58.9 Å². The van der Waals surface area contributed by atoms with Crippen LogP contribution in [0, 0.1) is 6.92 Å². The lowest BCUT2D eigenvalue weighted by Crippen LogP contribution is -2.46. The molecule has 2 aromatic rings. The van der Waals surface area contributed by atoms with Crippen molar-refractivity contribution >= 4 is 23.3 Å². The number of rotatable bonds is 4. The fourth-order valence-corrected chi connectivity index (χ4v) is 3.52. The highest BCUT2D eigenvalue weighted by molar-refractivity contribution is 6.34. The molecule has 0 radical (unpaired) electrons. The van der Waals surface area contributed by atoms with Crippen LogP contribution in [0.5, 0.6) is 0 Å². The Morgan fingerprint density at radius 2 is 1.92 bits per heavy atom. The van der Waals surface area contributed by atoms with E-state index >= 15 is 0 Å². The van der Waals surface area contributed by atoms with Gasteiger partial charge in [-0.15, -0.1) is 0 Å². The van der Waals surface area contributed by atoms with Gasteiger partial charge in [-0.25, -0.2) is 4.79 Å². The minimum Gasteiger partial charge on any atom is -0.335 e. The number of aromatic nitrogens is 1. The topological polar surface area (TPSA) is 57.3 Å². The van der Waals surface area contributed by atoms with Crippen LogP contribution in [0.4, 0.5) is 10.5 Å². The fraction of sp³-hybridized carbons (Fsp3) is 0.400. The van der Waals surface area contributed by atoms with Gasteiger partial charge in [0.05, 0.1) is 16.4 Å². The summed E-state index contributed by atoms with van der Waals surface area (Å²) in [5.41, 5.74) is 2.62. The molecule has 138 valence electrons. The van der Waals surface area contributed by atoms with E-state index in [1.54, 1.807) is 12.3 Å². The number of nitrogens with zero attached hydrogens (tertiary/aromatic N) is 2. The first-order valence-electron chi connectivity index (χ1n) is 9.02. The summed E-state index contributed by atoms with van der Waals surface area (Å²) in [4.78, 5) is 18.8. The molecule has 2 heterocycles. The number of hydrogen-bond acceptors (Lipinski definition) is 3. The van der Waals surface area contributed by atoms with E-state index in [2.05, 4.69) is 51.7 Å². The summed E-state index contributed by atoms with van der Waals surface area (Å²) in [6, 6.07) is 12.6. The molecular weight excluding hydrogens is 348 g/mol. The van der Waals surface area contributed by atoms with E-state index in [0.29, 0.717) is 22.4 Å². The van der Waals surface area contributed by atoms with Gasteiger partial charge < -0.3 is 10.6 Å². The van der Waals surface area contributed by atoms with Gasteiger partial charge in [0, 0.05) is 31.4 Å². The fourth-order valence-electron chi connectivity index (χ4n) is 3.36. The van der Waals surface area contributed by atoms with E-state index in [1.807, 2.05) is 13.0 Å². The summed E-state index contributed by atoms with van der Waals surface area (Å²) in [7, 11) is 0. The number of piperidine rings is 1. The number of aryl methyl sites for hydroxylation is 1. The quantitative estimate of drug-likeness (QED) is 0.836. The molecule has 1 aliphatic rings. The number of urea groups is 1. The van der Waals surface area contributed by atoms with Gasteiger partial charge in [0.15, 0.2) is 0 Å². The predicted molar refractivity (Wildman–Crippen MR) is 106 cm³/mol. The van der Waals surface area contributed by atoms with Crippen molar-refractivity contribution in [1.29, 1.82) is 0 Å². The summed E-state index contributed by atoms with van der Waals surface area (Å²) in [6.45, 7) is 5.99. The van der Waals surface area contributed by atoms with Gasteiger partial charge in [-0.1, -0.05) is 41.9 Å². The highest BCUT2D eigenvalue weighted by Crippen LogP contribution is 2.25. The Balaban J connectivity index is 1.49. The van der Waals surface area contributed by atoms with E-state index in [1.165, 1.54) is 5.56 Å². The molecule has 3 rings (SSSR count). The SMILES string of the molecule is Cc1nccc(NC(=O)NC2CCN(C(C)c3ccccc3)CC2)c1Cl. The molecule has 0 spiro atoms. The second kappa shape index (κ2) is 8.52. The number of pyridine rings is 1. The van der Waals surface area contributed by atoms with Crippen LogP contribution in [-0.2, 0) is 0 Å². The molecule has 1 aliphatic heterocycles. The molecule has 0 aliphatic carbocycles. The van der Waals surface area contributed by atoms with E-state index in [0.717, 1.165) is 25.9 Å². The van der Waals surface area contributed by atoms with Gasteiger partial charge in [0.1, 0.15) is 0 Å². The molecule has 6 heteroatoms. The number of likely N-dealkylation sites (tertiary alicyclic amines) is 1. The molecule has 1 aromatic heterocycles. The zero-order chi connectivity index (χ0) is 18.5. The average molecular weight is 373 g/mol. The molecule has 1 aromatic carbocycles. The van der Waals surface area contributed by atoms with Gasteiger partial charge in [-0.2, -0.15) is 0 Å². The van der Waals surface area contributed by atoms with E-state index in [-0.39, 0.29) is 12.1 Å². The summed E-state index contributed by atoms with van der Waals surface area (Å²) >= 11 is 6.18. The van der Waals surface area contributed by atoms with Gasteiger partial charge in [0.25, 0.3) is 0 Å². The normalized spacial score (nSPS) is 16.9. The van der Waals surface area contributed by atoms with Crippen LogP contribution in [0.25, 0.3) is 0 Å². The zero-order valence-corrected chi connectivity index (χ0v) is 16.0. The van der Waals surface area contributed by atoms with Crippen LogP contribution in [0.1, 0.15) is 37.1 Å². The lowest BCUT2D eigenvalue weighted by atomic mass is 10.0. The number of carbonyl (C=O) groups is 1. The first-order valence-corrected chi connectivity index (χ1v) is 9.40. The summed E-state index contributed by atoms with van der Waals surface area (Å²) in [6.07, 6.45) is 3.52. The maximum Gasteiger partial charge on any atom is 0.319 e. The third-order valence-corrected chi connectivity index (χ3v) is 5.48. The largest absolute Gasteiger partial charge is 0.335 e. The molecule has 1 fully saturated rings. The van der Waals surface area contributed by atoms with Crippen LogP contribution in [0.3, 0.4) is 0 Å². The second-order valence-corrected chi connectivity index (χ2v) is 7.13. The molecule has 5 nitrogen and oxygen atoms in total. The minimum absolute atomic E-state index is 0.177. The molecule has 1 atom stereocenters. The van der Waals surface area contributed by atoms with E-state index in [9.17, 15) is 4.79 Å². The number of carbonyl (C=O) groups excluding carboxylic acids is 1. The Kier molecular flexibility index (Phi) is 6.12. The van der Waals surface area contributed by atoms with Crippen LogP contribution >= 0.6 is 11.6 Å². The van der Waals surface area contributed by atoms with Gasteiger partial charge >= 0.3 is 6.03 Å². The first-order chi connectivity index (χ1) is 12.5. The number of nitrogens with one attached hydrogen (secondary N) is 2. The molecule has 1 saturated heterocycles. The monoisotopic (exact) mass is 372 g/mol. The van der Waals surface area contributed by atoms with Crippen molar-refractivity contribution in [2.45, 2.75) is 38.8 Å². The molecule has 0 saturated carbocycles. The van der Waals surface area contributed by atoms with Crippen LogP contribution < -0.4 is 10.6 Å². The van der Waals surface area contributed by atoms with Gasteiger partial charge in [-0.3, -0.25) is 9.88 Å². The first kappa shape index (κ1) is 18.7. The van der Waals surface area contributed by atoms with Crippen molar-refractivity contribution in [3.63, 3.8) is 0 Å². The Labute approximate surface area is 159 Å². The van der Waals surface area contributed by atoms with E-state index in [4.69, 9.17) is 11.6 Å². The van der Waals surface area contributed by atoms with E-state index < -0.39 is 0 Å². The minimum atomic E-state index is -0.216. The van der Waals surface area contributed by atoms with Crippen LogP contribution in [0.15, 0.2) is 42.6 Å². The Hall–Kier alpha value is -2.11. The Morgan fingerprint density at radius 3 is 2.62 bits per heavy atom. The predicted octanol–water partition coefficient (Wildman–Crippen LogP) is 4.39. The molecule has 2 N–H and O–H groups in total. The Morgan fingerprint density at radius 1 is 1.23 bits per heavy atom. The maximum atomic E-state index is 12.3. The van der Waals surface area contributed by atoms with Crippen molar-refractivity contribution in [1.82, 2.24) is 15.2 Å². The molecule has 0 bridgehead atoms. The lowest BCUT2D eigenvalue weighted by Gasteiger charge is -2.36. The second-order valence-electron chi connectivity index (χ2n) is 6.75. The summed E-state index contributed by atoms with van der Waals surface area (Å²) in [5, 5.41) is 6.36. The van der Waals surface area contributed by atoms with Crippen LogP contribution in [-0.4, -0.2) is 35.0 Å². The third-order valence-electron chi connectivity index (χ3n) is 5.01. The Bertz CT molecular complexity index is 745. The molecular formula is C20H25ClN4O. The smallest absolute Gasteiger partial charge is 0.319 e. The molecule has 1 unspecified atom stereocenters. The lowest BCUT2D eigenvalue weighted by molar-refractivity contribution is 0.154. The number of anilines is 1. The number of benzene rings is 1. The van der Waals surface area contributed by atoms with Crippen molar-refractivity contribution in [2.24, 2.45) is 0 Å². The zero-order valence-electron chi connectivity index (χ0n) is 15.2. The summed E-state index contributed by atoms with van der Waals surface area (Å²) in [5.74, 6) is 0.